The van der Waals surface area contributed by atoms with Crippen LogP contribution in [0.15, 0.2) is 42.5 Å². The fourth-order valence-electron chi connectivity index (χ4n) is 1.44. The number of aromatic nitrogens is 1. The van der Waals surface area contributed by atoms with E-state index in [9.17, 15) is 0 Å². The first-order valence-corrected chi connectivity index (χ1v) is 6.10. The molecule has 1 aromatic heterocycles. The minimum atomic E-state index is 0.997. The second-order valence-electron chi connectivity index (χ2n) is 3.31. The summed E-state index contributed by atoms with van der Waals surface area (Å²) in [4.78, 5) is 4.54. The number of pyridine rings is 1. The Balaban J connectivity index is 2.30. The Morgan fingerprint density at radius 1 is 1.13 bits per heavy atom. The highest BCUT2D eigenvalue weighted by Crippen LogP contribution is 2.12. The maximum atomic E-state index is 4.54. The van der Waals surface area contributed by atoms with E-state index in [0.717, 1.165) is 23.0 Å². The number of rotatable bonds is 3. The lowest BCUT2D eigenvalue weighted by Gasteiger charge is -1.97. The van der Waals surface area contributed by atoms with Gasteiger partial charge in [0.25, 0.3) is 0 Å². The minimum Gasteiger partial charge on any atom is -0.248 e. The van der Waals surface area contributed by atoms with Crippen LogP contribution >= 0.6 is 15.9 Å². The van der Waals surface area contributed by atoms with Crippen molar-refractivity contribution in [2.24, 2.45) is 0 Å². The third kappa shape index (κ3) is 2.66. The van der Waals surface area contributed by atoms with E-state index < -0.39 is 0 Å². The molecule has 1 aromatic carbocycles. The largest absolute Gasteiger partial charge is 0.248 e. The van der Waals surface area contributed by atoms with Gasteiger partial charge in [-0.05, 0) is 24.6 Å². The molecular formula is C13H12BrN. The number of para-hydroxylation sites is 1. The van der Waals surface area contributed by atoms with Gasteiger partial charge in [0.15, 0.2) is 0 Å². The first-order chi connectivity index (χ1) is 7.40. The molecule has 0 aliphatic rings. The number of halogens is 1. The van der Waals surface area contributed by atoms with Crippen LogP contribution in [-0.4, -0.2) is 10.3 Å². The van der Waals surface area contributed by atoms with E-state index in [-0.39, 0.29) is 0 Å². The topological polar surface area (TPSA) is 12.9 Å². The molecule has 0 N–H and O–H groups in total. The maximum absolute atomic E-state index is 4.54. The Morgan fingerprint density at radius 2 is 2.00 bits per heavy atom. The molecule has 0 saturated carbocycles. The van der Waals surface area contributed by atoms with Crippen molar-refractivity contribution in [3.8, 4) is 0 Å². The van der Waals surface area contributed by atoms with Crippen LogP contribution in [0.3, 0.4) is 0 Å². The van der Waals surface area contributed by atoms with Gasteiger partial charge in [0.1, 0.15) is 0 Å². The minimum absolute atomic E-state index is 0.997. The summed E-state index contributed by atoms with van der Waals surface area (Å²) in [7, 11) is 0. The van der Waals surface area contributed by atoms with Gasteiger partial charge in [-0.3, -0.25) is 0 Å². The third-order valence-corrected chi connectivity index (χ3v) is 2.64. The molecule has 0 aliphatic carbocycles. The van der Waals surface area contributed by atoms with E-state index in [0.29, 0.717) is 0 Å². The van der Waals surface area contributed by atoms with Crippen molar-refractivity contribution in [2.45, 2.75) is 6.42 Å². The van der Waals surface area contributed by atoms with Crippen molar-refractivity contribution in [2.75, 3.05) is 5.33 Å². The first-order valence-electron chi connectivity index (χ1n) is 4.98. The Kier molecular flexibility index (Phi) is 3.51. The molecule has 0 amide bonds. The second kappa shape index (κ2) is 5.08. The van der Waals surface area contributed by atoms with E-state index in [4.69, 9.17) is 0 Å². The van der Waals surface area contributed by atoms with Gasteiger partial charge in [-0.15, -0.1) is 0 Å². The zero-order valence-electron chi connectivity index (χ0n) is 8.36. The van der Waals surface area contributed by atoms with Gasteiger partial charge in [0.2, 0.25) is 0 Å². The molecule has 0 aliphatic heterocycles. The van der Waals surface area contributed by atoms with E-state index in [1.165, 1.54) is 5.39 Å². The molecule has 0 saturated heterocycles. The summed E-state index contributed by atoms with van der Waals surface area (Å²) >= 11 is 3.39. The Bertz CT molecular complexity index is 477. The van der Waals surface area contributed by atoms with E-state index in [1.54, 1.807) is 0 Å². The summed E-state index contributed by atoms with van der Waals surface area (Å²) in [6.07, 6.45) is 5.23. The molecule has 76 valence electrons. The monoisotopic (exact) mass is 261 g/mol. The SMILES string of the molecule is BrCCC=Cc1ccc2ccccc2n1. The Hall–Kier alpha value is -1.15. The van der Waals surface area contributed by atoms with Crippen molar-refractivity contribution in [1.82, 2.24) is 4.98 Å². The molecule has 0 spiro atoms. The highest BCUT2D eigenvalue weighted by Gasteiger charge is 1.93. The normalized spacial score (nSPS) is 11.3. The Morgan fingerprint density at radius 3 is 2.87 bits per heavy atom. The fourth-order valence-corrected chi connectivity index (χ4v) is 1.71. The predicted octanol–water partition coefficient (Wildman–Crippen LogP) is 4.03. The predicted molar refractivity (Wildman–Crippen MR) is 69.2 cm³/mol. The number of hydrogen-bond acceptors (Lipinski definition) is 1. The molecule has 2 aromatic rings. The second-order valence-corrected chi connectivity index (χ2v) is 4.10. The lowest BCUT2D eigenvalue weighted by Crippen LogP contribution is -1.82. The van der Waals surface area contributed by atoms with Gasteiger partial charge in [-0.25, -0.2) is 4.98 Å². The molecule has 1 nitrogen and oxygen atoms in total. The lowest BCUT2D eigenvalue weighted by molar-refractivity contribution is 1.26. The molecular weight excluding hydrogens is 250 g/mol. The van der Waals surface area contributed by atoms with Gasteiger partial charge in [0, 0.05) is 10.7 Å². The third-order valence-electron chi connectivity index (χ3n) is 2.18. The molecule has 0 radical (unpaired) electrons. The van der Waals surface area contributed by atoms with Gasteiger partial charge < -0.3 is 0 Å². The smallest absolute Gasteiger partial charge is 0.0709 e. The first kappa shape index (κ1) is 10.4. The summed E-state index contributed by atoms with van der Waals surface area (Å²) in [5, 5.41) is 2.19. The number of fused-ring (bicyclic) bond motifs is 1. The zero-order valence-corrected chi connectivity index (χ0v) is 9.94. The van der Waals surface area contributed by atoms with Crippen LogP contribution in [-0.2, 0) is 0 Å². The fraction of sp³-hybridized carbons (Fsp3) is 0.154. The lowest BCUT2D eigenvalue weighted by atomic mass is 10.2. The van der Waals surface area contributed by atoms with Crippen LogP contribution in [0.1, 0.15) is 12.1 Å². The standard InChI is InChI=1S/C13H12BrN/c14-10-4-3-6-12-9-8-11-5-1-2-7-13(11)15-12/h1-3,5-9H,4,10H2. The van der Waals surface area contributed by atoms with Crippen LogP contribution in [0, 0.1) is 0 Å². The number of nitrogens with zero attached hydrogens (tertiary/aromatic N) is 1. The van der Waals surface area contributed by atoms with Crippen LogP contribution in [0.25, 0.3) is 17.0 Å². The molecule has 2 heteroatoms. The van der Waals surface area contributed by atoms with Crippen molar-refractivity contribution in [3.63, 3.8) is 0 Å². The van der Waals surface area contributed by atoms with Gasteiger partial charge >= 0.3 is 0 Å². The summed E-state index contributed by atoms with van der Waals surface area (Å²) in [6, 6.07) is 12.3. The highest BCUT2D eigenvalue weighted by molar-refractivity contribution is 9.09. The van der Waals surface area contributed by atoms with Crippen LogP contribution in [0.4, 0.5) is 0 Å². The molecule has 0 bridgehead atoms. The van der Waals surface area contributed by atoms with Crippen LogP contribution in [0.5, 0.6) is 0 Å². The highest BCUT2D eigenvalue weighted by atomic mass is 79.9. The van der Waals surface area contributed by atoms with E-state index >= 15 is 0 Å². The van der Waals surface area contributed by atoms with Gasteiger partial charge in [-0.1, -0.05) is 46.3 Å². The number of benzene rings is 1. The summed E-state index contributed by atoms with van der Waals surface area (Å²) in [5.41, 5.74) is 2.08. The van der Waals surface area contributed by atoms with Crippen molar-refractivity contribution >= 4 is 32.9 Å². The van der Waals surface area contributed by atoms with Crippen molar-refractivity contribution in [3.05, 3.63) is 48.2 Å². The Labute approximate surface area is 98.0 Å². The number of hydrogen-bond donors (Lipinski definition) is 0. The molecule has 15 heavy (non-hydrogen) atoms. The van der Waals surface area contributed by atoms with Crippen molar-refractivity contribution < 1.29 is 0 Å². The quantitative estimate of drug-likeness (QED) is 0.761. The molecule has 1 heterocycles. The number of allylic oxidation sites excluding steroid dienone is 1. The van der Waals surface area contributed by atoms with Crippen LogP contribution < -0.4 is 0 Å². The molecule has 0 fully saturated rings. The average molecular weight is 262 g/mol. The number of alkyl halides is 1. The van der Waals surface area contributed by atoms with Gasteiger partial charge in [0.05, 0.1) is 11.2 Å². The average Bonchev–Trinajstić information content (AvgIpc) is 2.29. The summed E-state index contributed by atoms with van der Waals surface area (Å²) in [5.74, 6) is 0. The van der Waals surface area contributed by atoms with Crippen molar-refractivity contribution in [1.29, 1.82) is 0 Å². The zero-order chi connectivity index (χ0) is 10.5. The van der Waals surface area contributed by atoms with E-state index in [1.807, 2.05) is 24.3 Å². The molecule has 0 atom stereocenters. The van der Waals surface area contributed by atoms with Crippen LogP contribution in [0.2, 0.25) is 0 Å². The van der Waals surface area contributed by atoms with Gasteiger partial charge in [-0.2, -0.15) is 0 Å². The van der Waals surface area contributed by atoms with E-state index in [2.05, 4.69) is 45.2 Å². The summed E-state index contributed by atoms with van der Waals surface area (Å²) in [6.45, 7) is 0. The maximum Gasteiger partial charge on any atom is 0.0709 e. The molecule has 0 unspecified atom stereocenters. The summed E-state index contributed by atoms with van der Waals surface area (Å²) < 4.78 is 0. The molecule has 2 rings (SSSR count).